The average Bonchev–Trinajstić information content (AvgIpc) is 2.75. The molecule has 0 aromatic heterocycles. The van der Waals surface area contributed by atoms with Crippen molar-refractivity contribution in [2.24, 2.45) is 5.73 Å². The smallest absolute Gasteiger partial charge is 0.224 e. The summed E-state index contributed by atoms with van der Waals surface area (Å²) in [4.78, 5) is 27.8. The number of nitrogens with zero attached hydrogens (tertiary/aromatic N) is 2. The molecule has 1 unspecified atom stereocenters. The van der Waals surface area contributed by atoms with Gasteiger partial charge >= 0.3 is 0 Å². The van der Waals surface area contributed by atoms with E-state index >= 15 is 0 Å². The first kappa shape index (κ1) is 21.2. The fraction of sp³-hybridized carbons (Fsp3) is 0.417. The molecule has 1 saturated heterocycles. The van der Waals surface area contributed by atoms with Gasteiger partial charge in [0.1, 0.15) is 0 Å². The molecule has 1 fully saturated rings. The maximum atomic E-state index is 12.4. The molecular formula is C24H30N4O3. The van der Waals surface area contributed by atoms with Gasteiger partial charge in [0, 0.05) is 48.7 Å². The van der Waals surface area contributed by atoms with E-state index in [-0.39, 0.29) is 30.3 Å². The van der Waals surface area contributed by atoms with Crippen molar-refractivity contribution >= 4 is 28.9 Å². The first-order chi connectivity index (χ1) is 14.9. The Balaban J connectivity index is 1.64. The highest BCUT2D eigenvalue weighted by Crippen LogP contribution is 2.41. The Labute approximate surface area is 183 Å². The Hall–Kier alpha value is -3.06. The minimum atomic E-state index is -0.337. The number of hydrogen-bond acceptors (Lipinski definition) is 5. The molecule has 164 valence electrons. The molecule has 7 nitrogen and oxygen atoms in total. The van der Waals surface area contributed by atoms with E-state index in [1.54, 1.807) is 6.92 Å². The number of nitrogens with one attached hydrogen (secondary N) is 1. The van der Waals surface area contributed by atoms with E-state index in [9.17, 15) is 9.59 Å². The number of nitrogens with two attached hydrogens (primary N) is 1. The standard InChI is InChI=1S/C24H30N4O3/c1-16-13-22(26-19-5-3-18(4-6-19)14-24(25)30)21-15-20(27-9-11-31-12-10-27)7-8-23(21)28(16)17(2)29/h3-8,15-16,22,26H,9-14H2,1-2H3,(H2,25,30)/t16?,22-/m0/s1. The van der Waals surface area contributed by atoms with E-state index in [0.717, 1.165) is 60.9 Å². The van der Waals surface area contributed by atoms with Gasteiger partial charge in [0.05, 0.1) is 25.7 Å². The number of rotatable bonds is 5. The van der Waals surface area contributed by atoms with Crippen LogP contribution in [0.15, 0.2) is 42.5 Å². The summed E-state index contributed by atoms with van der Waals surface area (Å²) in [5.41, 5.74) is 10.4. The van der Waals surface area contributed by atoms with Crippen LogP contribution in [0.5, 0.6) is 0 Å². The van der Waals surface area contributed by atoms with Gasteiger partial charge in [-0.05, 0) is 49.2 Å². The summed E-state index contributed by atoms with van der Waals surface area (Å²) >= 11 is 0. The lowest BCUT2D eigenvalue weighted by molar-refractivity contribution is -0.118. The molecule has 2 atom stereocenters. The third-order valence-electron chi connectivity index (χ3n) is 6.05. The Morgan fingerprint density at radius 2 is 1.84 bits per heavy atom. The Morgan fingerprint density at radius 1 is 1.13 bits per heavy atom. The van der Waals surface area contributed by atoms with Crippen molar-refractivity contribution in [1.82, 2.24) is 0 Å². The summed E-state index contributed by atoms with van der Waals surface area (Å²) in [6.45, 7) is 6.91. The van der Waals surface area contributed by atoms with Gasteiger partial charge in [-0.3, -0.25) is 9.59 Å². The molecule has 2 aromatic rings. The molecule has 31 heavy (non-hydrogen) atoms. The fourth-order valence-electron chi connectivity index (χ4n) is 4.61. The van der Waals surface area contributed by atoms with Crippen molar-refractivity contribution in [2.45, 2.75) is 38.8 Å². The summed E-state index contributed by atoms with van der Waals surface area (Å²) in [7, 11) is 0. The average molecular weight is 423 g/mol. The van der Waals surface area contributed by atoms with E-state index < -0.39 is 0 Å². The van der Waals surface area contributed by atoms with Crippen LogP contribution in [0.3, 0.4) is 0 Å². The van der Waals surface area contributed by atoms with Crippen LogP contribution in [0.2, 0.25) is 0 Å². The zero-order valence-corrected chi connectivity index (χ0v) is 18.1. The minimum absolute atomic E-state index is 0.0575. The SMILES string of the molecule is CC(=O)N1c2ccc(N3CCOCC3)cc2[C@@H](Nc2ccc(CC(N)=O)cc2)CC1C. The summed E-state index contributed by atoms with van der Waals surface area (Å²) in [6.07, 6.45) is 1.04. The number of ether oxygens (including phenoxy) is 1. The van der Waals surface area contributed by atoms with Crippen LogP contribution in [0, 0.1) is 0 Å². The second-order valence-corrected chi connectivity index (χ2v) is 8.35. The van der Waals surface area contributed by atoms with Crippen LogP contribution in [0.25, 0.3) is 0 Å². The predicted molar refractivity (Wildman–Crippen MR) is 122 cm³/mol. The van der Waals surface area contributed by atoms with Crippen molar-refractivity contribution in [1.29, 1.82) is 0 Å². The number of anilines is 3. The Kier molecular flexibility index (Phi) is 6.13. The minimum Gasteiger partial charge on any atom is -0.378 e. The summed E-state index contributed by atoms with van der Waals surface area (Å²) in [5.74, 6) is -0.280. The van der Waals surface area contributed by atoms with Gasteiger partial charge in [-0.1, -0.05) is 12.1 Å². The van der Waals surface area contributed by atoms with Crippen molar-refractivity contribution in [2.75, 3.05) is 41.4 Å². The van der Waals surface area contributed by atoms with Crippen LogP contribution < -0.4 is 20.9 Å². The number of carbonyl (C=O) groups is 2. The number of benzene rings is 2. The van der Waals surface area contributed by atoms with Gasteiger partial charge in [0.25, 0.3) is 0 Å². The van der Waals surface area contributed by atoms with Crippen molar-refractivity contribution in [3.05, 3.63) is 53.6 Å². The van der Waals surface area contributed by atoms with E-state index in [2.05, 4.69) is 35.3 Å². The summed E-state index contributed by atoms with van der Waals surface area (Å²) < 4.78 is 5.49. The van der Waals surface area contributed by atoms with Crippen molar-refractivity contribution in [3.8, 4) is 0 Å². The summed E-state index contributed by atoms with van der Waals surface area (Å²) in [5, 5.41) is 3.64. The van der Waals surface area contributed by atoms with Gasteiger partial charge in [-0.15, -0.1) is 0 Å². The number of morpholine rings is 1. The number of fused-ring (bicyclic) bond motifs is 1. The largest absolute Gasteiger partial charge is 0.378 e. The molecule has 0 saturated carbocycles. The first-order valence-electron chi connectivity index (χ1n) is 10.8. The molecule has 0 spiro atoms. The molecular weight excluding hydrogens is 392 g/mol. The molecule has 0 bridgehead atoms. The maximum absolute atomic E-state index is 12.4. The van der Waals surface area contributed by atoms with E-state index in [0.29, 0.717) is 0 Å². The van der Waals surface area contributed by atoms with E-state index in [1.807, 2.05) is 29.2 Å². The van der Waals surface area contributed by atoms with Crippen molar-refractivity contribution in [3.63, 3.8) is 0 Å². The molecule has 2 aliphatic rings. The molecule has 7 heteroatoms. The second-order valence-electron chi connectivity index (χ2n) is 8.35. The molecule has 2 aliphatic heterocycles. The third kappa shape index (κ3) is 4.66. The van der Waals surface area contributed by atoms with Crippen LogP contribution >= 0.6 is 0 Å². The first-order valence-corrected chi connectivity index (χ1v) is 10.8. The molecule has 2 heterocycles. The number of primary amides is 1. The summed E-state index contributed by atoms with van der Waals surface area (Å²) in [6, 6.07) is 14.3. The van der Waals surface area contributed by atoms with Gasteiger partial charge < -0.3 is 25.6 Å². The lowest BCUT2D eigenvalue weighted by atomic mass is 9.90. The van der Waals surface area contributed by atoms with Crippen LogP contribution in [0.4, 0.5) is 17.1 Å². The third-order valence-corrected chi connectivity index (χ3v) is 6.05. The molecule has 0 radical (unpaired) electrons. The molecule has 4 rings (SSSR count). The van der Waals surface area contributed by atoms with Gasteiger partial charge in [0.2, 0.25) is 11.8 Å². The second kappa shape index (κ2) is 8.98. The highest BCUT2D eigenvalue weighted by atomic mass is 16.5. The lowest BCUT2D eigenvalue weighted by Crippen LogP contribution is -2.43. The van der Waals surface area contributed by atoms with Gasteiger partial charge in [-0.25, -0.2) is 0 Å². The zero-order chi connectivity index (χ0) is 22.0. The quantitative estimate of drug-likeness (QED) is 0.774. The number of amides is 2. The van der Waals surface area contributed by atoms with E-state index in [4.69, 9.17) is 10.5 Å². The topological polar surface area (TPSA) is 87.9 Å². The monoisotopic (exact) mass is 422 g/mol. The highest BCUT2D eigenvalue weighted by Gasteiger charge is 2.33. The highest BCUT2D eigenvalue weighted by molar-refractivity contribution is 5.94. The lowest BCUT2D eigenvalue weighted by Gasteiger charge is -2.40. The Bertz CT molecular complexity index is 954. The van der Waals surface area contributed by atoms with E-state index in [1.165, 1.54) is 0 Å². The van der Waals surface area contributed by atoms with Gasteiger partial charge in [0.15, 0.2) is 0 Å². The van der Waals surface area contributed by atoms with Crippen LogP contribution in [-0.2, 0) is 20.7 Å². The maximum Gasteiger partial charge on any atom is 0.224 e. The van der Waals surface area contributed by atoms with Gasteiger partial charge in [-0.2, -0.15) is 0 Å². The van der Waals surface area contributed by atoms with Crippen LogP contribution in [0.1, 0.15) is 37.4 Å². The number of hydrogen-bond donors (Lipinski definition) is 2. The fourth-order valence-corrected chi connectivity index (χ4v) is 4.61. The van der Waals surface area contributed by atoms with Crippen LogP contribution in [-0.4, -0.2) is 44.2 Å². The molecule has 2 amide bonds. The molecule has 2 aromatic carbocycles. The Morgan fingerprint density at radius 3 is 2.48 bits per heavy atom. The number of carbonyl (C=O) groups excluding carboxylic acids is 2. The van der Waals surface area contributed by atoms with Crippen molar-refractivity contribution < 1.29 is 14.3 Å². The zero-order valence-electron chi connectivity index (χ0n) is 18.1. The predicted octanol–water partition coefficient (Wildman–Crippen LogP) is 2.85. The molecule has 3 N–H and O–H groups in total. The molecule has 0 aliphatic carbocycles. The normalized spacial score (nSPS) is 20.8.